The molecule has 0 saturated carbocycles. The summed E-state index contributed by atoms with van der Waals surface area (Å²) in [5.74, 6) is -0.528. The molecule has 2 heterocycles. The van der Waals surface area contributed by atoms with E-state index in [-0.39, 0.29) is 13.1 Å². The van der Waals surface area contributed by atoms with Gasteiger partial charge >= 0.3 is 6.30 Å². The summed E-state index contributed by atoms with van der Waals surface area (Å²) in [4.78, 5) is 17.0. The molecule has 0 spiro atoms. The minimum absolute atomic E-state index is 0.0131. The standard InChI is InChI=1S/C27H33F3N4O2/c1-19-15-32(17-21-7-9-23(10-8-21)26(35)31-36)16-20(2)34(19)18-24-5-3-4-6-25(24)22-11-13-33(14-12-22)27(28,29)30/h3-11,19-20,36H,12-18H2,1-2H3,(H,31,35)/t19-,20+. The third-order valence-electron chi connectivity index (χ3n) is 7.18. The second kappa shape index (κ2) is 11.1. The lowest BCUT2D eigenvalue weighted by Gasteiger charge is -2.45. The molecule has 1 saturated heterocycles. The summed E-state index contributed by atoms with van der Waals surface area (Å²) in [5.41, 5.74) is 6.34. The Kier molecular flexibility index (Phi) is 8.14. The maximum absolute atomic E-state index is 13.0. The van der Waals surface area contributed by atoms with Crippen LogP contribution < -0.4 is 5.48 Å². The van der Waals surface area contributed by atoms with Gasteiger partial charge in [0.2, 0.25) is 0 Å². The van der Waals surface area contributed by atoms with Crippen LogP contribution in [-0.4, -0.2) is 70.4 Å². The van der Waals surface area contributed by atoms with Gasteiger partial charge in [0.15, 0.2) is 0 Å². The van der Waals surface area contributed by atoms with E-state index in [1.807, 2.05) is 30.3 Å². The van der Waals surface area contributed by atoms with E-state index in [9.17, 15) is 18.0 Å². The number of amides is 1. The zero-order chi connectivity index (χ0) is 25.9. The predicted octanol–water partition coefficient (Wildman–Crippen LogP) is 4.51. The van der Waals surface area contributed by atoms with Crippen molar-refractivity contribution in [1.82, 2.24) is 20.2 Å². The van der Waals surface area contributed by atoms with Gasteiger partial charge in [-0.05, 0) is 54.7 Å². The van der Waals surface area contributed by atoms with Gasteiger partial charge in [0, 0.05) is 56.9 Å². The summed E-state index contributed by atoms with van der Waals surface area (Å²) in [5, 5.41) is 8.78. The van der Waals surface area contributed by atoms with Crippen molar-refractivity contribution in [3.05, 3.63) is 76.9 Å². The van der Waals surface area contributed by atoms with E-state index in [1.165, 1.54) is 0 Å². The zero-order valence-corrected chi connectivity index (χ0v) is 20.6. The molecule has 2 atom stereocenters. The molecular weight excluding hydrogens is 469 g/mol. The lowest BCUT2D eigenvalue weighted by molar-refractivity contribution is -0.242. The summed E-state index contributed by atoms with van der Waals surface area (Å²) < 4.78 is 39.1. The lowest BCUT2D eigenvalue weighted by Crippen LogP contribution is -2.55. The highest BCUT2D eigenvalue weighted by Gasteiger charge is 2.37. The van der Waals surface area contributed by atoms with Crippen LogP contribution in [0.3, 0.4) is 0 Å². The topological polar surface area (TPSA) is 59.1 Å². The van der Waals surface area contributed by atoms with Crippen molar-refractivity contribution < 1.29 is 23.2 Å². The van der Waals surface area contributed by atoms with Gasteiger partial charge in [-0.25, -0.2) is 10.4 Å². The number of halogens is 3. The van der Waals surface area contributed by atoms with E-state index < -0.39 is 12.2 Å². The first-order valence-corrected chi connectivity index (χ1v) is 12.3. The average Bonchev–Trinajstić information content (AvgIpc) is 2.86. The summed E-state index contributed by atoms with van der Waals surface area (Å²) in [6.07, 6.45) is -2.19. The highest BCUT2D eigenvalue weighted by Crippen LogP contribution is 2.31. The molecule has 4 rings (SSSR count). The van der Waals surface area contributed by atoms with E-state index in [2.05, 4.69) is 29.7 Å². The maximum atomic E-state index is 13.0. The number of carbonyl (C=O) groups excluding carboxylic acids is 1. The molecule has 1 fully saturated rings. The molecule has 2 aromatic rings. The molecule has 6 nitrogen and oxygen atoms in total. The van der Waals surface area contributed by atoms with Gasteiger partial charge < -0.3 is 0 Å². The van der Waals surface area contributed by atoms with Crippen molar-refractivity contribution >= 4 is 11.5 Å². The van der Waals surface area contributed by atoms with Crippen molar-refractivity contribution in [3.8, 4) is 0 Å². The Morgan fingerprint density at radius 2 is 1.69 bits per heavy atom. The van der Waals surface area contributed by atoms with Gasteiger partial charge in [0.1, 0.15) is 0 Å². The first kappa shape index (κ1) is 26.3. The largest absolute Gasteiger partial charge is 0.460 e. The third kappa shape index (κ3) is 6.15. The molecule has 0 bridgehead atoms. The summed E-state index contributed by atoms with van der Waals surface area (Å²) in [6.45, 7) is 7.58. The first-order chi connectivity index (χ1) is 17.2. The molecule has 0 aliphatic carbocycles. The van der Waals surface area contributed by atoms with Gasteiger partial charge in [-0.1, -0.05) is 42.5 Å². The first-order valence-electron chi connectivity index (χ1n) is 12.3. The van der Waals surface area contributed by atoms with Crippen LogP contribution in [0.25, 0.3) is 5.57 Å². The Labute approximate surface area is 209 Å². The number of nitrogens with zero attached hydrogens (tertiary/aromatic N) is 3. The van der Waals surface area contributed by atoms with Crippen molar-refractivity contribution in [2.24, 2.45) is 0 Å². The van der Waals surface area contributed by atoms with Gasteiger partial charge in [0.05, 0.1) is 0 Å². The van der Waals surface area contributed by atoms with E-state index in [1.54, 1.807) is 23.7 Å². The second-order valence-electron chi connectivity index (χ2n) is 9.75. The molecule has 2 N–H and O–H groups in total. The van der Waals surface area contributed by atoms with Crippen molar-refractivity contribution in [3.63, 3.8) is 0 Å². The molecule has 0 unspecified atom stereocenters. The number of carbonyl (C=O) groups is 1. The van der Waals surface area contributed by atoms with Crippen LogP contribution in [-0.2, 0) is 13.1 Å². The normalized spacial score (nSPS) is 22.3. The van der Waals surface area contributed by atoms with E-state index in [0.717, 1.165) is 48.4 Å². The number of rotatable bonds is 6. The molecule has 1 amide bonds. The van der Waals surface area contributed by atoms with Crippen LogP contribution in [0.1, 0.15) is 47.3 Å². The maximum Gasteiger partial charge on any atom is 0.460 e. The van der Waals surface area contributed by atoms with Crippen LogP contribution in [0.5, 0.6) is 0 Å². The van der Waals surface area contributed by atoms with Gasteiger partial charge in [-0.2, -0.15) is 13.2 Å². The monoisotopic (exact) mass is 502 g/mol. The number of hydroxylamine groups is 1. The average molecular weight is 503 g/mol. The predicted molar refractivity (Wildman–Crippen MR) is 132 cm³/mol. The molecule has 194 valence electrons. The van der Waals surface area contributed by atoms with Crippen LogP contribution in [0.4, 0.5) is 13.2 Å². The zero-order valence-electron chi connectivity index (χ0n) is 20.6. The Hall–Kier alpha value is -2.72. The fourth-order valence-corrected chi connectivity index (χ4v) is 5.30. The van der Waals surface area contributed by atoms with Gasteiger partial charge in [-0.15, -0.1) is 0 Å². The van der Waals surface area contributed by atoms with Crippen molar-refractivity contribution in [2.45, 2.75) is 51.7 Å². The summed E-state index contributed by atoms with van der Waals surface area (Å²) in [7, 11) is 0. The molecule has 2 aliphatic rings. The molecule has 2 aliphatic heterocycles. The number of hydrogen-bond donors (Lipinski definition) is 2. The SMILES string of the molecule is C[C@@H]1CN(Cc2ccc(C(=O)NO)cc2)C[C@H](C)N1Cc1ccccc1C1=CCN(C(F)(F)F)CC1. The summed E-state index contributed by atoms with van der Waals surface area (Å²) in [6, 6.07) is 15.9. The third-order valence-corrected chi connectivity index (χ3v) is 7.18. The molecule has 0 aromatic heterocycles. The van der Waals surface area contributed by atoms with Crippen LogP contribution in [0.2, 0.25) is 0 Å². The minimum atomic E-state index is -4.29. The second-order valence-corrected chi connectivity index (χ2v) is 9.75. The molecule has 36 heavy (non-hydrogen) atoms. The smallest absolute Gasteiger partial charge is 0.296 e. The number of hydrogen-bond acceptors (Lipinski definition) is 5. The number of benzene rings is 2. The fourth-order valence-electron chi connectivity index (χ4n) is 5.30. The van der Waals surface area contributed by atoms with Crippen LogP contribution in [0.15, 0.2) is 54.6 Å². The Balaban J connectivity index is 1.41. The fraction of sp³-hybridized carbons (Fsp3) is 0.444. The molecule has 0 radical (unpaired) electrons. The number of nitrogens with one attached hydrogen (secondary N) is 1. The van der Waals surface area contributed by atoms with E-state index in [0.29, 0.717) is 29.0 Å². The van der Waals surface area contributed by atoms with Gasteiger partial charge in [-0.3, -0.25) is 19.8 Å². The van der Waals surface area contributed by atoms with Gasteiger partial charge in [0.25, 0.3) is 5.91 Å². The Morgan fingerprint density at radius 3 is 2.28 bits per heavy atom. The molecular formula is C27H33F3N4O2. The molecule has 2 aromatic carbocycles. The minimum Gasteiger partial charge on any atom is -0.296 e. The Morgan fingerprint density at radius 1 is 1.03 bits per heavy atom. The quantitative estimate of drug-likeness (QED) is 0.346. The van der Waals surface area contributed by atoms with Crippen LogP contribution >= 0.6 is 0 Å². The van der Waals surface area contributed by atoms with E-state index in [4.69, 9.17) is 5.21 Å². The van der Waals surface area contributed by atoms with E-state index >= 15 is 0 Å². The lowest BCUT2D eigenvalue weighted by atomic mass is 9.94. The Bertz CT molecular complexity index is 1080. The van der Waals surface area contributed by atoms with Crippen molar-refractivity contribution in [2.75, 3.05) is 26.2 Å². The highest BCUT2D eigenvalue weighted by molar-refractivity contribution is 5.93. The number of alkyl halides is 3. The molecule has 9 heteroatoms. The highest BCUT2D eigenvalue weighted by atomic mass is 19.4. The summed E-state index contributed by atoms with van der Waals surface area (Å²) >= 11 is 0. The van der Waals surface area contributed by atoms with Crippen LogP contribution in [0, 0.1) is 0 Å². The number of piperazine rings is 1. The van der Waals surface area contributed by atoms with Crippen molar-refractivity contribution in [1.29, 1.82) is 0 Å².